The lowest BCUT2D eigenvalue weighted by Gasteiger charge is -2.30. The summed E-state index contributed by atoms with van der Waals surface area (Å²) in [5, 5.41) is 2.76. The predicted octanol–water partition coefficient (Wildman–Crippen LogP) is 4.21. The molecule has 3 N–H and O–H groups in total. The van der Waals surface area contributed by atoms with Crippen molar-refractivity contribution in [3.05, 3.63) is 29.0 Å². The largest absolute Gasteiger partial charge is 0.330 e. The average molecular weight is 315 g/mol. The Bertz CT molecular complexity index is 465. The number of hydrogen-bond acceptors (Lipinski definition) is 2. The van der Waals surface area contributed by atoms with Crippen LogP contribution in [0.5, 0.6) is 0 Å². The molecule has 0 spiro atoms. The van der Waals surface area contributed by atoms with Crippen LogP contribution in [0.4, 0.5) is 10.1 Å². The molecule has 0 bridgehead atoms. The van der Waals surface area contributed by atoms with Crippen molar-refractivity contribution in [3.8, 4) is 0 Å². The number of hydrogen-bond donors (Lipinski definition) is 2. The molecule has 0 aliphatic rings. The van der Waals surface area contributed by atoms with Gasteiger partial charge in [-0.15, -0.1) is 0 Å². The Balaban J connectivity index is 2.61. The highest BCUT2D eigenvalue weighted by atomic mass is 35.5. The predicted molar refractivity (Wildman–Crippen MR) is 85.9 cm³/mol. The van der Waals surface area contributed by atoms with E-state index in [0.29, 0.717) is 18.9 Å². The molecule has 0 saturated carbocycles. The van der Waals surface area contributed by atoms with Gasteiger partial charge in [0.05, 0.1) is 10.7 Å². The van der Waals surface area contributed by atoms with Gasteiger partial charge in [-0.1, -0.05) is 38.4 Å². The molecule has 1 aromatic rings. The standard InChI is InChI=1S/C16H24ClFN2O/c1-16(2,3)11(9-10-19)7-8-14(21)20-15-12(17)5-4-6-13(15)18/h4-6,11H,7-10,19H2,1-3H3,(H,20,21). The minimum atomic E-state index is -0.523. The SMILES string of the molecule is CC(C)(C)C(CCN)CCC(=O)Nc1c(F)cccc1Cl. The fraction of sp³-hybridized carbons (Fsp3) is 0.562. The molecule has 3 nitrogen and oxygen atoms in total. The molecule has 1 aromatic carbocycles. The van der Waals surface area contributed by atoms with E-state index in [9.17, 15) is 9.18 Å². The highest BCUT2D eigenvalue weighted by Crippen LogP contribution is 2.32. The molecule has 0 heterocycles. The normalized spacial score (nSPS) is 13.0. The van der Waals surface area contributed by atoms with Crippen LogP contribution in [0.25, 0.3) is 0 Å². The summed E-state index contributed by atoms with van der Waals surface area (Å²) in [7, 11) is 0. The van der Waals surface area contributed by atoms with E-state index >= 15 is 0 Å². The maximum atomic E-state index is 13.6. The molecule has 21 heavy (non-hydrogen) atoms. The molecule has 1 atom stereocenters. The summed E-state index contributed by atoms with van der Waals surface area (Å²) in [5.74, 6) is -0.400. The first-order valence-corrected chi connectivity index (χ1v) is 7.57. The fourth-order valence-corrected chi connectivity index (χ4v) is 2.55. The highest BCUT2D eigenvalue weighted by molar-refractivity contribution is 6.33. The van der Waals surface area contributed by atoms with E-state index in [-0.39, 0.29) is 22.0 Å². The molecule has 118 valence electrons. The Hall–Kier alpha value is -1.13. The Morgan fingerprint density at radius 1 is 1.38 bits per heavy atom. The van der Waals surface area contributed by atoms with E-state index in [1.807, 2.05) is 0 Å². The summed E-state index contributed by atoms with van der Waals surface area (Å²) in [6, 6.07) is 4.32. The zero-order valence-corrected chi connectivity index (χ0v) is 13.6. The van der Waals surface area contributed by atoms with Crippen LogP contribution < -0.4 is 11.1 Å². The Kier molecular flexibility index (Phi) is 6.62. The van der Waals surface area contributed by atoms with Gasteiger partial charge in [0.15, 0.2) is 0 Å². The number of halogens is 2. The minimum Gasteiger partial charge on any atom is -0.330 e. The topological polar surface area (TPSA) is 55.1 Å². The van der Waals surface area contributed by atoms with Crippen molar-refractivity contribution in [2.75, 3.05) is 11.9 Å². The Labute approximate surface area is 131 Å². The van der Waals surface area contributed by atoms with Gasteiger partial charge < -0.3 is 11.1 Å². The van der Waals surface area contributed by atoms with Crippen LogP contribution in [-0.2, 0) is 4.79 Å². The summed E-state index contributed by atoms with van der Waals surface area (Å²) in [5.41, 5.74) is 5.77. The number of nitrogens with two attached hydrogens (primary N) is 1. The number of anilines is 1. The lowest BCUT2D eigenvalue weighted by atomic mass is 9.76. The molecule has 0 aliphatic carbocycles. The summed E-state index contributed by atoms with van der Waals surface area (Å²) in [6.45, 7) is 7.01. The maximum absolute atomic E-state index is 13.6. The van der Waals surface area contributed by atoms with Crippen LogP contribution in [-0.4, -0.2) is 12.5 Å². The van der Waals surface area contributed by atoms with E-state index in [1.165, 1.54) is 12.1 Å². The van der Waals surface area contributed by atoms with Gasteiger partial charge in [-0.3, -0.25) is 4.79 Å². The van der Waals surface area contributed by atoms with Gasteiger partial charge in [0, 0.05) is 6.42 Å². The number of para-hydroxylation sites is 1. The van der Waals surface area contributed by atoms with Gasteiger partial charge in [-0.05, 0) is 42.9 Å². The summed E-state index contributed by atoms with van der Waals surface area (Å²) in [6.07, 6.45) is 1.92. The highest BCUT2D eigenvalue weighted by Gasteiger charge is 2.24. The van der Waals surface area contributed by atoms with Crippen molar-refractivity contribution in [2.24, 2.45) is 17.1 Å². The van der Waals surface area contributed by atoms with E-state index in [0.717, 1.165) is 12.8 Å². The van der Waals surface area contributed by atoms with Crippen molar-refractivity contribution in [3.63, 3.8) is 0 Å². The van der Waals surface area contributed by atoms with E-state index in [2.05, 4.69) is 26.1 Å². The lowest BCUT2D eigenvalue weighted by Crippen LogP contribution is -2.25. The van der Waals surface area contributed by atoms with Crippen molar-refractivity contribution in [2.45, 2.75) is 40.0 Å². The second-order valence-corrected chi connectivity index (χ2v) is 6.73. The van der Waals surface area contributed by atoms with Gasteiger partial charge in [0.2, 0.25) is 5.91 Å². The molecular formula is C16H24ClFN2O. The second-order valence-electron chi connectivity index (χ2n) is 6.32. The number of carbonyl (C=O) groups is 1. The fourth-order valence-electron chi connectivity index (χ4n) is 2.34. The quantitative estimate of drug-likeness (QED) is 0.826. The van der Waals surface area contributed by atoms with E-state index < -0.39 is 5.82 Å². The number of carbonyl (C=O) groups excluding carboxylic acids is 1. The van der Waals surface area contributed by atoms with Gasteiger partial charge in [-0.2, -0.15) is 0 Å². The monoisotopic (exact) mass is 314 g/mol. The molecule has 0 aliphatic heterocycles. The van der Waals surface area contributed by atoms with Gasteiger partial charge >= 0.3 is 0 Å². The first kappa shape index (κ1) is 17.9. The van der Waals surface area contributed by atoms with Gasteiger partial charge in [0.1, 0.15) is 5.82 Å². The molecule has 0 aromatic heterocycles. The molecule has 0 saturated heterocycles. The molecule has 0 radical (unpaired) electrons. The zero-order chi connectivity index (χ0) is 16.0. The summed E-state index contributed by atoms with van der Waals surface area (Å²) < 4.78 is 13.6. The average Bonchev–Trinajstić information content (AvgIpc) is 2.37. The van der Waals surface area contributed by atoms with Crippen LogP contribution in [0.15, 0.2) is 18.2 Å². The number of amides is 1. The first-order chi connectivity index (χ1) is 9.75. The number of rotatable bonds is 6. The third-order valence-corrected chi connectivity index (χ3v) is 4.00. The molecule has 5 heteroatoms. The minimum absolute atomic E-state index is 0.0512. The van der Waals surface area contributed by atoms with Crippen LogP contribution in [0.1, 0.15) is 40.0 Å². The van der Waals surface area contributed by atoms with Crippen LogP contribution in [0.2, 0.25) is 5.02 Å². The molecule has 0 fully saturated rings. The number of nitrogens with one attached hydrogen (secondary N) is 1. The second kappa shape index (κ2) is 7.76. The number of benzene rings is 1. The summed E-state index contributed by atoms with van der Waals surface area (Å²) in [4.78, 5) is 12.0. The van der Waals surface area contributed by atoms with Crippen molar-refractivity contribution in [1.29, 1.82) is 0 Å². The van der Waals surface area contributed by atoms with Crippen LogP contribution in [0.3, 0.4) is 0 Å². The third kappa shape index (κ3) is 5.64. The Morgan fingerprint density at radius 3 is 2.57 bits per heavy atom. The molecular weight excluding hydrogens is 291 g/mol. The maximum Gasteiger partial charge on any atom is 0.224 e. The Morgan fingerprint density at radius 2 is 2.05 bits per heavy atom. The molecule has 1 unspecified atom stereocenters. The van der Waals surface area contributed by atoms with E-state index in [1.54, 1.807) is 6.07 Å². The van der Waals surface area contributed by atoms with Crippen molar-refractivity contribution < 1.29 is 9.18 Å². The third-order valence-electron chi connectivity index (χ3n) is 3.69. The van der Waals surface area contributed by atoms with Crippen LogP contribution >= 0.6 is 11.6 Å². The van der Waals surface area contributed by atoms with Crippen molar-refractivity contribution >= 4 is 23.2 Å². The smallest absolute Gasteiger partial charge is 0.224 e. The zero-order valence-electron chi connectivity index (χ0n) is 12.9. The van der Waals surface area contributed by atoms with Crippen LogP contribution in [0, 0.1) is 17.2 Å². The first-order valence-electron chi connectivity index (χ1n) is 7.19. The summed E-state index contributed by atoms with van der Waals surface area (Å²) >= 11 is 5.89. The van der Waals surface area contributed by atoms with Gasteiger partial charge in [-0.25, -0.2) is 4.39 Å². The molecule has 1 rings (SSSR count). The van der Waals surface area contributed by atoms with E-state index in [4.69, 9.17) is 17.3 Å². The van der Waals surface area contributed by atoms with Crippen molar-refractivity contribution in [1.82, 2.24) is 0 Å². The lowest BCUT2D eigenvalue weighted by molar-refractivity contribution is -0.116. The molecule has 1 amide bonds. The van der Waals surface area contributed by atoms with Gasteiger partial charge in [0.25, 0.3) is 0 Å².